The van der Waals surface area contributed by atoms with Crippen molar-refractivity contribution in [1.29, 1.82) is 0 Å². The molecule has 0 unspecified atom stereocenters. The van der Waals surface area contributed by atoms with E-state index in [-0.39, 0.29) is 0 Å². The van der Waals surface area contributed by atoms with Gasteiger partial charge in [-0.1, -0.05) is 5.16 Å². The highest BCUT2D eigenvalue weighted by atomic mass is 16.5. The summed E-state index contributed by atoms with van der Waals surface area (Å²) >= 11 is 0. The number of imidazole rings is 1. The number of nitrogens with one attached hydrogen (secondary N) is 1. The largest absolute Gasteiger partial charge is 0.459 e. The first-order valence-corrected chi connectivity index (χ1v) is 8.52. The number of aryl methyl sites for hydroxylation is 1. The Morgan fingerprint density at radius 2 is 2.31 bits per heavy atom. The number of furan rings is 1. The topological polar surface area (TPSA) is 99.7 Å². The van der Waals surface area contributed by atoms with Crippen LogP contribution in [-0.4, -0.2) is 36.0 Å². The summed E-state index contributed by atoms with van der Waals surface area (Å²) in [5.74, 6) is 2.26. The minimum absolute atomic E-state index is 0.367. The molecule has 0 radical (unpaired) electrons. The van der Waals surface area contributed by atoms with E-state index in [0.29, 0.717) is 24.0 Å². The van der Waals surface area contributed by atoms with Crippen LogP contribution >= 0.6 is 0 Å². The van der Waals surface area contributed by atoms with Crippen molar-refractivity contribution in [1.82, 2.24) is 34.8 Å². The molecule has 9 nitrogen and oxygen atoms in total. The van der Waals surface area contributed by atoms with Crippen LogP contribution in [0.1, 0.15) is 17.9 Å². The van der Waals surface area contributed by atoms with Crippen LogP contribution in [0.2, 0.25) is 0 Å². The van der Waals surface area contributed by atoms with Gasteiger partial charge in [0.1, 0.15) is 5.69 Å². The Balaban J connectivity index is 1.41. The van der Waals surface area contributed by atoms with E-state index in [4.69, 9.17) is 14.0 Å². The third kappa shape index (κ3) is 2.72. The summed E-state index contributed by atoms with van der Waals surface area (Å²) in [7, 11) is 0. The first-order chi connectivity index (χ1) is 12.9. The fourth-order valence-corrected chi connectivity index (χ4v) is 3.11. The highest BCUT2D eigenvalue weighted by Gasteiger charge is 2.17. The molecule has 4 aromatic rings. The van der Waals surface area contributed by atoms with Gasteiger partial charge in [-0.25, -0.2) is 4.98 Å². The summed E-state index contributed by atoms with van der Waals surface area (Å²) in [5, 5.41) is 12.1. The van der Waals surface area contributed by atoms with Crippen molar-refractivity contribution in [2.75, 3.05) is 6.54 Å². The van der Waals surface area contributed by atoms with Crippen LogP contribution in [0, 0.1) is 0 Å². The lowest BCUT2D eigenvalue weighted by molar-refractivity contribution is 0.407. The Bertz CT molecular complexity index is 988. The lowest BCUT2D eigenvalue weighted by Gasteiger charge is -2.02. The number of aromatic nitrogens is 6. The summed E-state index contributed by atoms with van der Waals surface area (Å²) in [6, 6.07) is 5.65. The molecule has 0 saturated carbocycles. The predicted octanol–water partition coefficient (Wildman–Crippen LogP) is 1.93. The molecule has 1 N–H and O–H groups in total. The molecule has 0 aromatic carbocycles. The van der Waals surface area contributed by atoms with Gasteiger partial charge in [-0.3, -0.25) is 4.68 Å². The van der Waals surface area contributed by atoms with Crippen molar-refractivity contribution < 1.29 is 8.94 Å². The highest BCUT2D eigenvalue weighted by Crippen LogP contribution is 2.21. The molecule has 1 aliphatic heterocycles. The fraction of sp³-hybridized carbons (Fsp3) is 0.294. The van der Waals surface area contributed by atoms with Crippen molar-refractivity contribution in [3.63, 3.8) is 0 Å². The van der Waals surface area contributed by atoms with E-state index >= 15 is 0 Å². The lowest BCUT2D eigenvalue weighted by Crippen LogP contribution is -2.11. The second-order valence-corrected chi connectivity index (χ2v) is 6.15. The maximum atomic E-state index is 5.28. The van der Waals surface area contributed by atoms with Crippen LogP contribution in [0.4, 0.5) is 0 Å². The van der Waals surface area contributed by atoms with Crippen LogP contribution < -0.4 is 5.32 Å². The van der Waals surface area contributed by atoms with Crippen molar-refractivity contribution in [3.8, 4) is 23.2 Å². The minimum Gasteiger partial charge on any atom is -0.459 e. The monoisotopic (exact) mass is 351 g/mol. The molecule has 0 fully saturated rings. The number of hydrogen-bond acceptors (Lipinski definition) is 7. The van der Waals surface area contributed by atoms with Crippen molar-refractivity contribution in [3.05, 3.63) is 48.4 Å². The molecule has 5 rings (SSSR count). The van der Waals surface area contributed by atoms with Gasteiger partial charge in [0.15, 0.2) is 17.4 Å². The van der Waals surface area contributed by atoms with E-state index in [1.165, 1.54) is 5.69 Å². The third-order valence-corrected chi connectivity index (χ3v) is 4.35. The average Bonchev–Trinajstić information content (AvgIpc) is 3.41. The zero-order chi connectivity index (χ0) is 17.3. The smallest absolute Gasteiger partial charge is 0.293 e. The van der Waals surface area contributed by atoms with Crippen LogP contribution in [0.5, 0.6) is 0 Å². The summed E-state index contributed by atoms with van der Waals surface area (Å²) in [6.45, 7) is 3.20. The van der Waals surface area contributed by atoms with Gasteiger partial charge in [-0.15, -0.1) is 0 Å². The molecule has 4 aromatic heterocycles. The van der Waals surface area contributed by atoms with E-state index in [1.807, 2.05) is 10.8 Å². The zero-order valence-electron chi connectivity index (χ0n) is 14.0. The van der Waals surface area contributed by atoms with E-state index in [2.05, 4.69) is 31.2 Å². The van der Waals surface area contributed by atoms with E-state index < -0.39 is 0 Å². The lowest BCUT2D eigenvalue weighted by atomic mass is 10.3. The molecular formula is C17H17N7O2. The molecule has 0 amide bonds. The second-order valence-electron chi connectivity index (χ2n) is 6.15. The van der Waals surface area contributed by atoms with Gasteiger partial charge in [-0.05, 0) is 31.2 Å². The average molecular weight is 351 g/mol. The summed E-state index contributed by atoms with van der Waals surface area (Å²) < 4.78 is 14.6. The Morgan fingerprint density at radius 1 is 1.31 bits per heavy atom. The molecule has 0 spiro atoms. The van der Waals surface area contributed by atoms with Gasteiger partial charge in [0.05, 0.1) is 18.5 Å². The van der Waals surface area contributed by atoms with Gasteiger partial charge in [0, 0.05) is 25.5 Å². The molecule has 1 aliphatic rings. The fourth-order valence-electron chi connectivity index (χ4n) is 3.11. The molecule has 26 heavy (non-hydrogen) atoms. The Labute approximate surface area is 148 Å². The van der Waals surface area contributed by atoms with Gasteiger partial charge in [-0.2, -0.15) is 10.1 Å². The SMILES string of the molecule is c1coc(-c2nc(Cn3ccnc3-c3cc4n(n3)CCCNC4)no2)c1. The normalized spacial score (nSPS) is 14.3. The molecule has 0 atom stereocenters. The van der Waals surface area contributed by atoms with Crippen LogP contribution in [0.3, 0.4) is 0 Å². The molecule has 0 bridgehead atoms. The summed E-state index contributed by atoms with van der Waals surface area (Å²) in [5.41, 5.74) is 2.02. The predicted molar refractivity (Wildman–Crippen MR) is 90.9 cm³/mol. The maximum absolute atomic E-state index is 5.28. The Kier molecular flexibility index (Phi) is 3.64. The Hall–Kier alpha value is -3.20. The number of hydrogen-bond donors (Lipinski definition) is 1. The summed E-state index contributed by atoms with van der Waals surface area (Å²) in [6.07, 6.45) is 6.29. The number of fused-ring (bicyclic) bond motifs is 1. The molecule has 9 heteroatoms. The quantitative estimate of drug-likeness (QED) is 0.599. The molecule has 5 heterocycles. The van der Waals surface area contributed by atoms with E-state index in [9.17, 15) is 0 Å². The van der Waals surface area contributed by atoms with Crippen LogP contribution in [-0.2, 0) is 19.6 Å². The molecular weight excluding hydrogens is 334 g/mol. The summed E-state index contributed by atoms with van der Waals surface area (Å²) in [4.78, 5) is 8.85. The van der Waals surface area contributed by atoms with Crippen LogP contribution in [0.25, 0.3) is 23.2 Å². The van der Waals surface area contributed by atoms with Crippen molar-refractivity contribution in [2.24, 2.45) is 0 Å². The second kappa shape index (κ2) is 6.26. The van der Waals surface area contributed by atoms with Gasteiger partial charge in [0.25, 0.3) is 5.89 Å². The van der Waals surface area contributed by atoms with Gasteiger partial charge in [0.2, 0.25) is 0 Å². The zero-order valence-corrected chi connectivity index (χ0v) is 14.0. The van der Waals surface area contributed by atoms with Gasteiger partial charge < -0.3 is 18.8 Å². The van der Waals surface area contributed by atoms with E-state index in [1.54, 1.807) is 24.6 Å². The standard InChI is InChI=1S/C17H17N7O2/c1-3-14(25-8-1)17-20-15(22-26-17)11-23-7-5-19-16(23)13-9-12-10-18-4-2-6-24(12)21-13/h1,3,5,7-9,18H,2,4,6,10-11H2. The first kappa shape index (κ1) is 15.1. The van der Waals surface area contributed by atoms with Crippen LogP contribution in [0.15, 0.2) is 45.8 Å². The van der Waals surface area contributed by atoms with E-state index in [0.717, 1.165) is 37.6 Å². The number of nitrogens with zero attached hydrogens (tertiary/aromatic N) is 6. The van der Waals surface area contributed by atoms with Crippen molar-refractivity contribution in [2.45, 2.75) is 26.1 Å². The maximum Gasteiger partial charge on any atom is 0.293 e. The molecule has 132 valence electrons. The molecule has 0 saturated heterocycles. The van der Waals surface area contributed by atoms with Gasteiger partial charge >= 0.3 is 0 Å². The molecule has 0 aliphatic carbocycles. The third-order valence-electron chi connectivity index (χ3n) is 4.35. The highest BCUT2D eigenvalue weighted by molar-refractivity contribution is 5.50. The number of rotatable bonds is 4. The van der Waals surface area contributed by atoms with Crippen molar-refractivity contribution >= 4 is 0 Å². The first-order valence-electron chi connectivity index (χ1n) is 8.52. The Morgan fingerprint density at radius 3 is 3.23 bits per heavy atom. The minimum atomic E-state index is 0.367.